The minimum absolute atomic E-state index is 0.0531. The number of thiophene rings is 1. The molecule has 1 saturated carbocycles. The molecule has 1 aromatic rings. The van der Waals surface area contributed by atoms with Crippen LogP contribution in [0.1, 0.15) is 35.4 Å². The second kappa shape index (κ2) is 5.82. The molecule has 5 heteroatoms. The third kappa shape index (κ3) is 4.19. The first kappa shape index (κ1) is 12.1. The van der Waals surface area contributed by atoms with Gasteiger partial charge in [0.05, 0.1) is 4.88 Å². The Hall–Kier alpha value is -1.36. The molecule has 0 atom stereocenters. The number of hydrogen-bond acceptors (Lipinski definition) is 3. The SMILES string of the molecule is O=C(CCCNC(=O)c1cccs1)NC1CC1. The molecule has 0 bridgehead atoms. The average Bonchev–Trinajstić information content (AvgIpc) is 2.96. The first-order chi connectivity index (χ1) is 8.25. The highest BCUT2D eigenvalue weighted by Gasteiger charge is 2.22. The topological polar surface area (TPSA) is 58.2 Å². The molecule has 0 unspecified atom stereocenters. The number of rotatable bonds is 6. The summed E-state index contributed by atoms with van der Waals surface area (Å²) in [5.74, 6) is 0.0421. The van der Waals surface area contributed by atoms with Crippen LogP contribution in [0.2, 0.25) is 0 Å². The summed E-state index contributed by atoms with van der Waals surface area (Å²) in [5, 5.41) is 7.59. The molecule has 0 spiro atoms. The molecule has 4 nitrogen and oxygen atoms in total. The third-order valence-electron chi connectivity index (χ3n) is 2.55. The summed E-state index contributed by atoms with van der Waals surface area (Å²) < 4.78 is 0. The lowest BCUT2D eigenvalue weighted by atomic mass is 10.3. The van der Waals surface area contributed by atoms with Gasteiger partial charge < -0.3 is 10.6 Å². The minimum Gasteiger partial charge on any atom is -0.353 e. The van der Waals surface area contributed by atoms with Crippen molar-refractivity contribution >= 4 is 23.2 Å². The van der Waals surface area contributed by atoms with Gasteiger partial charge in [-0.1, -0.05) is 6.07 Å². The first-order valence-electron chi connectivity index (χ1n) is 5.87. The van der Waals surface area contributed by atoms with E-state index in [2.05, 4.69) is 10.6 Å². The van der Waals surface area contributed by atoms with Gasteiger partial charge in [0.15, 0.2) is 0 Å². The van der Waals surface area contributed by atoms with Gasteiger partial charge in [-0.3, -0.25) is 9.59 Å². The van der Waals surface area contributed by atoms with E-state index in [1.165, 1.54) is 11.3 Å². The third-order valence-corrected chi connectivity index (χ3v) is 3.42. The van der Waals surface area contributed by atoms with Gasteiger partial charge in [-0.2, -0.15) is 0 Å². The summed E-state index contributed by atoms with van der Waals surface area (Å²) >= 11 is 1.42. The summed E-state index contributed by atoms with van der Waals surface area (Å²) in [4.78, 5) is 23.6. The summed E-state index contributed by atoms with van der Waals surface area (Å²) in [7, 11) is 0. The van der Waals surface area contributed by atoms with Gasteiger partial charge in [0.1, 0.15) is 0 Å². The minimum atomic E-state index is -0.0531. The maximum atomic E-state index is 11.5. The highest BCUT2D eigenvalue weighted by atomic mass is 32.1. The molecule has 17 heavy (non-hydrogen) atoms. The Bertz CT molecular complexity index is 385. The van der Waals surface area contributed by atoms with E-state index >= 15 is 0 Å². The van der Waals surface area contributed by atoms with Gasteiger partial charge in [0.25, 0.3) is 5.91 Å². The lowest BCUT2D eigenvalue weighted by Gasteiger charge is -2.04. The molecule has 0 saturated heterocycles. The van der Waals surface area contributed by atoms with Crippen molar-refractivity contribution in [3.63, 3.8) is 0 Å². The molecule has 1 aliphatic carbocycles. The van der Waals surface area contributed by atoms with Gasteiger partial charge >= 0.3 is 0 Å². The predicted molar refractivity (Wildman–Crippen MR) is 67.1 cm³/mol. The highest BCUT2D eigenvalue weighted by molar-refractivity contribution is 7.12. The van der Waals surface area contributed by atoms with Crippen LogP contribution in [0.4, 0.5) is 0 Å². The van der Waals surface area contributed by atoms with Crippen LogP contribution in [-0.2, 0) is 4.79 Å². The molecular formula is C12H16N2O2S. The van der Waals surface area contributed by atoms with Gasteiger partial charge in [0, 0.05) is 19.0 Å². The van der Waals surface area contributed by atoms with Gasteiger partial charge in [-0.15, -0.1) is 11.3 Å². The first-order valence-corrected chi connectivity index (χ1v) is 6.75. The van der Waals surface area contributed by atoms with Crippen molar-refractivity contribution < 1.29 is 9.59 Å². The van der Waals surface area contributed by atoms with Crippen molar-refractivity contribution in [1.29, 1.82) is 0 Å². The smallest absolute Gasteiger partial charge is 0.261 e. The van der Waals surface area contributed by atoms with E-state index in [1.54, 1.807) is 6.07 Å². The fraction of sp³-hybridized carbons (Fsp3) is 0.500. The van der Waals surface area contributed by atoms with Gasteiger partial charge in [-0.05, 0) is 30.7 Å². The van der Waals surface area contributed by atoms with Crippen molar-refractivity contribution in [2.45, 2.75) is 31.7 Å². The maximum absolute atomic E-state index is 11.5. The zero-order chi connectivity index (χ0) is 12.1. The Morgan fingerprint density at radius 1 is 1.41 bits per heavy atom. The molecule has 0 radical (unpaired) electrons. The maximum Gasteiger partial charge on any atom is 0.261 e. The standard InChI is InChI=1S/C12H16N2O2S/c15-11(14-9-5-6-9)4-1-7-13-12(16)10-3-2-8-17-10/h2-3,8-9H,1,4-7H2,(H,13,16)(H,14,15). The summed E-state index contributed by atoms with van der Waals surface area (Å²) in [6.07, 6.45) is 3.40. The van der Waals surface area contributed by atoms with E-state index < -0.39 is 0 Å². The Kier molecular flexibility index (Phi) is 4.14. The number of carbonyl (C=O) groups is 2. The van der Waals surface area contributed by atoms with Crippen LogP contribution in [-0.4, -0.2) is 24.4 Å². The van der Waals surface area contributed by atoms with E-state index in [4.69, 9.17) is 0 Å². The molecule has 1 fully saturated rings. The van der Waals surface area contributed by atoms with Gasteiger partial charge in [-0.25, -0.2) is 0 Å². The van der Waals surface area contributed by atoms with Crippen LogP contribution in [0.15, 0.2) is 17.5 Å². The van der Waals surface area contributed by atoms with E-state index in [-0.39, 0.29) is 11.8 Å². The second-order valence-corrected chi connectivity index (χ2v) is 5.13. The largest absolute Gasteiger partial charge is 0.353 e. The number of amides is 2. The molecule has 92 valence electrons. The molecule has 2 amide bonds. The van der Waals surface area contributed by atoms with Crippen molar-refractivity contribution in [3.8, 4) is 0 Å². The fourth-order valence-electron chi connectivity index (χ4n) is 1.47. The van der Waals surface area contributed by atoms with Crippen LogP contribution in [0.25, 0.3) is 0 Å². The predicted octanol–water partition coefficient (Wildman–Crippen LogP) is 1.54. The molecule has 1 aliphatic rings. The van der Waals surface area contributed by atoms with Crippen molar-refractivity contribution in [3.05, 3.63) is 22.4 Å². The summed E-state index contributed by atoms with van der Waals surface area (Å²) in [5.41, 5.74) is 0. The summed E-state index contributed by atoms with van der Waals surface area (Å²) in [6.45, 7) is 0.550. The van der Waals surface area contributed by atoms with E-state index in [0.717, 1.165) is 12.8 Å². The van der Waals surface area contributed by atoms with Crippen LogP contribution in [0.5, 0.6) is 0 Å². The van der Waals surface area contributed by atoms with E-state index in [1.807, 2.05) is 11.4 Å². The molecule has 1 aromatic heterocycles. The zero-order valence-corrected chi connectivity index (χ0v) is 10.4. The quantitative estimate of drug-likeness (QED) is 0.754. The molecule has 2 rings (SSSR count). The fourth-order valence-corrected chi connectivity index (χ4v) is 2.11. The molecule has 2 N–H and O–H groups in total. The Labute approximate surface area is 104 Å². The molecule has 0 aliphatic heterocycles. The second-order valence-electron chi connectivity index (χ2n) is 4.18. The zero-order valence-electron chi connectivity index (χ0n) is 9.57. The van der Waals surface area contributed by atoms with Crippen molar-refractivity contribution in [1.82, 2.24) is 10.6 Å². The lowest BCUT2D eigenvalue weighted by Crippen LogP contribution is -2.28. The highest BCUT2D eigenvalue weighted by Crippen LogP contribution is 2.18. The van der Waals surface area contributed by atoms with Crippen LogP contribution in [0.3, 0.4) is 0 Å². The van der Waals surface area contributed by atoms with E-state index in [9.17, 15) is 9.59 Å². The molecule has 0 aromatic carbocycles. The number of hydrogen-bond donors (Lipinski definition) is 2. The molecular weight excluding hydrogens is 236 g/mol. The monoisotopic (exact) mass is 252 g/mol. The Balaban J connectivity index is 1.56. The number of nitrogens with one attached hydrogen (secondary N) is 2. The van der Waals surface area contributed by atoms with E-state index in [0.29, 0.717) is 30.3 Å². The van der Waals surface area contributed by atoms with Crippen LogP contribution >= 0.6 is 11.3 Å². The Morgan fingerprint density at radius 2 is 2.24 bits per heavy atom. The average molecular weight is 252 g/mol. The van der Waals surface area contributed by atoms with Crippen molar-refractivity contribution in [2.24, 2.45) is 0 Å². The number of carbonyl (C=O) groups excluding carboxylic acids is 2. The van der Waals surface area contributed by atoms with Crippen LogP contribution < -0.4 is 10.6 Å². The van der Waals surface area contributed by atoms with Crippen LogP contribution in [0, 0.1) is 0 Å². The normalized spacial score (nSPS) is 14.4. The lowest BCUT2D eigenvalue weighted by molar-refractivity contribution is -0.121. The van der Waals surface area contributed by atoms with Crippen molar-refractivity contribution in [2.75, 3.05) is 6.54 Å². The summed E-state index contributed by atoms with van der Waals surface area (Å²) in [6, 6.07) is 4.06. The van der Waals surface area contributed by atoms with Gasteiger partial charge in [0.2, 0.25) is 5.91 Å². The Morgan fingerprint density at radius 3 is 2.88 bits per heavy atom. The molecule has 1 heterocycles.